The van der Waals surface area contributed by atoms with Crippen LogP contribution >= 0.6 is 11.3 Å². The molecule has 0 atom stereocenters. The lowest BCUT2D eigenvalue weighted by Gasteiger charge is -2.25. The molecule has 1 heterocycles. The molecule has 0 saturated heterocycles. The van der Waals surface area contributed by atoms with Crippen LogP contribution in [0.25, 0.3) is 10.2 Å². The van der Waals surface area contributed by atoms with E-state index in [-0.39, 0.29) is 15.4 Å². The van der Waals surface area contributed by atoms with Gasteiger partial charge in [0.25, 0.3) is 5.91 Å². The van der Waals surface area contributed by atoms with Gasteiger partial charge in [-0.1, -0.05) is 37.3 Å². The highest BCUT2D eigenvalue weighted by atomic mass is 32.2. The zero-order chi connectivity index (χ0) is 24.4. The fraction of sp³-hybridized carbons (Fsp3) is 0.364. The van der Waals surface area contributed by atoms with Crippen LogP contribution in [-0.2, 0) is 19.7 Å². The second-order valence-electron chi connectivity index (χ2n) is 7.66. The van der Waals surface area contributed by atoms with E-state index in [0.717, 1.165) is 25.6 Å². The van der Waals surface area contributed by atoms with Crippen molar-refractivity contribution in [3.05, 3.63) is 48.0 Å². The Hall–Kier alpha value is -2.34. The van der Waals surface area contributed by atoms with E-state index in [1.54, 1.807) is 18.2 Å². The van der Waals surface area contributed by atoms with Crippen molar-refractivity contribution in [2.75, 3.05) is 43.6 Å². The van der Waals surface area contributed by atoms with Crippen LogP contribution in [0.3, 0.4) is 0 Å². The number of anilines is 1. The average molecular weight is 510 g/mol. The molecule has 3 aromatic rings. The molecule has 0 radical (unpaired) electrons. The highest BCUT2D eigenvalue weighted by Crippen LogP contribution is 2.33. The van der Waals surface area contributed by atoms with E-state index < -0.39 is 25.6 Å². The Morgan fingerprint density at radius 2 is 1.61 bits per heavy atom. The van der Waals surface area contributed by atoms with Crippen LogP contribution in [0.5, 0.6) is 0 Å². The summed E-state index contributed by atoms with van der Waals surface area (Å²) in [6, 6.07) is 10.8. The molecule has 11 heteroatoms. The molecule has 2 aromatic carbocycles. The third-order valence-corrected chi connectivity index (χ3v) is 8.57. The van der Waals surface area contributed by atoms with Gasteiger partial charge in [-0.25, -0.2) is 21.8 Å². The van der Waals surface area contributed by atoms with Gasteiger partial charge < -0.3 is 4.90 Å². The highest BCUT2D eigenvalue weighted by molar-refractivity contribution is 7.91. The molecule has 0 bridgehead atoms. The first kappa shape index (κ1) is 25.3. The molecule has 0 N–H and O–H groups in total. The maximum atomic E-state index is 13.5. The molecule has 1 amide bonds. The molecule has 0 aliphatic heterocycles. The average Bonchev–Trinajstić information content (AvgIpc) is 3.19. The predicted molar refractivity (Wildman–Crippen MR) is 132 cm³/mol. The van der Waals surface area contributed by atoms with E-state index in [1.807, 2.05) is 13.8 Å². The SMILES string of the molecule is CCN(CC)CCN(C(=O)c1cccc(S(C)(=O)=O)c1)c1nc2c(S(C)(=O)=O)cccc2s1. The molecule has 0 unspecified atom stereocenters. The quantitative estimate of drug-likeness (QED) is 0.436. The lowest BCUT2D eigenvalue weighted by atomic mass is 10.2. The largest absolute Gasteiger partial charge is 0.302 e. The number of aromatic nitrogens is 1. The second-order valence-corrected chi connectivity index (χ2v) is 12.7. The number of nitrogens with zero attached hydrogens (tertiary/aromatic N) is 3. The molecule has 0 saturated carbocycles. The summed E-state index contributed by atoms with van der Waals surface area (Å²) in [5, 5.41) is 0.364. The fourth-order valence-electron chi connectivity index (χ4n) is 3.41. The third kappa shape index (κ3) is 5.78. The van der Waals surface area contributed by atoms with Crippen LogP contribution < -0.4 is 4.90 Å². The number of amides is 1. The maximum absolute atomic E-state index is 13.5. The zero-order valence-corrected chi connectivity index (χ0v) is 21.4. The summed E-state index contributed by atoms with van der Waals surface area (Å²) in [7, 11) is -6.99. The number of carbonyl (C=O) groups is 1. The van der Waals surface area contributed by atoms with E-state index >= 15 is 0 Å². The lowest BCUT2D eigenvalue weighted by molar-refractivity contribution is 0.0983. The van der Waals surface area contributed by atoms with Gasteiger partial charge in [0.2, 0.25) is 0 Å². The Morgan fingerprint density at radius 1 is 0.939 bits per heavy atom. The molecule has 0 fully saturated rings. The van der Waals surface area contributed by atoms with Crippen molar-refractivity contribution in [1.29, 1.82) is 0 Å². The Balaban J connectivity index is 2.10. The Kier molecular flexibility index (Phi) is 7.57. The van der Waals surface area contributed by atoms with Gasteiger partial charge in [0, 0.05) is 31.2 Å². The Bertz CT molecular complexity index is 1380. The monoisotopic (exact) mass is 509 g/mol. The minimum Gasteiger partial charge on any atom is -0.302 e. The molecule has 8 nitrogen and oxygen atoms in total. The lowest BCUT2D eigenvalue weighted by Crippen LogP contribution is -2.39. The smallest absolute Gasteiger partial charge is 0.260 e. The minimum absolute atomic E-state index is 0.0562. The van der Waals surface area contributed by atoms with E-state index in [2.05, 4.69) is 9.88 Å². The van der Waals surface area contributed by atoms with Gasteiger partial charge in [0.1, 0.15) is 5.52 Å². The molecular formula is C22H27N3O5S3. The van der Waals surface area contributed by atoms with Crippen LogP contribution in [0, 0.1) is 0 Å². The first-order chi connectivity index (χ1) is 15.5. The zero-order valence-electron chi connectivity index (χ0n) is 19.0. The van der Waals surface area contributed by atoms with Crippen LogP contribution in [-0.4, -0.2) is 71.3 Å². The van der Waals surface area contributed by atoms with Crippen molar-refractivity contribution in [2.45, 2.75) is 23.6 Å². The van der Waals surface area contributed by atoms with E-state index in [0.29, 0.717) is 28.4 Å². The normalized spacial score (nSPS) is 12.4. The van der Waals surface area contributed by atoms with Crippen molar-refractivity contribution >= 4 is 52.3 Å². The summed E-state index contributed by atoms with van der Waals surface area (Å²) in [4.78, 5) is 21.9. The van der Waals surface area contributed by atoms with E-state index in [4.69, 9.17) is 0 Å². The van der Waals surface area contributed by atoms with Gasteiger partial charge in [0.05, 0.1) is 14.5 Å². The molecule has 3 rings (SSSR count). The standard InChI is InChI=1S/C22H27N3O5S3/c1-5-24(6-2)13-14-25(21(26)16-9-7-10-17(15-16)32(3,27)28)22-23-20-18(31-22)11-8-12-19(20)33(4,29)30/h7-12,15H,5-6,13-14H2,1-4H3. The molecule has 178 valence electrons. The van der Waals surface area contributed by atoms with Gasteiger partial charge in [-0.2, -0.15) is 0 Å². The Morgan fingerprint density at radius 3 is 2.21 bits per heavy atom. The summed E-state index contributed by atoms with van der Waals surface area (Å²) in [5.41, 5.74) is 0.547. The maximum Gasteiger partial charge on any atom is 0.260 e. The van der Waals surface area contributed by atoms with Gasteiger partial charge in [-0.15, -0.1) is 0 Å². The Labute approximate surface area is 198 Å². The molecule has 0 aliphatic carbocycles. The summed E-state index contributed by atoms with van der Waals surface area (Å²) >= 11 is 1.23. The van der Waals surface area contributed by atoms with Crippen LogP contribution in [0.15, 0.2) is 52.3 Å². The van der Waals surface area contributed by atoms with Crippen molar-refractivity contribution in [3.63, 3.8) is 0 Å². The van der Waals surface area contributed by atoms with Crippen molar-refractivity contribution in [1.82, 2.24) is 9.88 Å². The minimum atomic E-state index is -3.50. The van der Waals surface area contributed by atoms with Gasteiger partial charge in [-0.05, 0) is 43.4 Å². The van der Waals surface area contributed by atoms with Crippen molar-refractivity contribution in [2.24, 2.45) is 0 Å². The summed E-state index contributed by atoms with van der Waals surface area (Å²) < 4.78 is 49.1. The molecular weight excluding hydrogens is 482 g/mol. The number of carbonyl (C=O) groups excluding carboxylic acids is 1. The third-order valence-electron chi connectivity index (χ3n) is 5.29. The number of para-hydroxylation sites is 1. The predicted octanol–water partition coefficient (Wildman–Crippen LogP) is 3.09. The number of benzene rings is 2. The number of likely N-dealkylation sites (N-methyl/N-ethyl adjacent to an activating group) is 1. The topological polar surface area (TPSA) is 105 Å². The summed E-state index contributed by atoms with van der Waals surface area (Å²) in [6.45, 7) is 6.57. The highest BCUT2D eigenvalue weighted by Gasteiger charge is 2.24. The first-order valence-corrected chi connectivity index (χ1v) is 15.0. The number of hydrogen-bond donors (Lipinski definition) is 0. The number of fused-ring (bicyclic) bond motifs is 1. The number of rotatable bonds is 9. The molecule has 0 aliphatic rings. The van der Waals surface area contributed by atoms with Crippen molar-refractivity contribution < 1.29 is 21.6 Å². The number of thiazole rings is 1. The fourth-order valence-corrected chi connectivity index (χ4v) is 5.99. The number of hydrogen-bond acceptors (Lipinski definition) is 8. The molecule has 1 aromatic heterocycles. The molecule has 33 heavy (non-hydrogen) atoms. The number of sulfone groups is 2. The summed E-state index contributed by atoms with van der Waals surface area (Å²) in [5.74, 6) is -0.396. The first-order valence-electron chi connectivity index (χ1n) is 10.4. The van der Waals surface area contributed by atoms with Crippen LogP contribution in [0.1, 0.15) is 24.2 Å². The van der Waals surface area contributed by atoms with Gasteiger partial charge in [-0.3, -0.25) is 9.69 Å². The molecule has 0 spiro atoms. The van der Waals surface area contributed by atoms with Crippen LogP contribution in [0.2, 0.25) is 0 Å². The summed E-state index contributed by atoms with van der Waals surface area (Å²) in [6.07, 6.45) is 2.22. The van der Waals surface area contributed by atoms with E-state index in [1.165, 1.54) is 40.5 Å². The van der Waals surface area contributed by atoms with Gasteiger partial charge >= 0.3 is 0 Å². The second kappa shape index (κ2) is 9.88. The van der Waals surface area contributed by atoms with Crippen molar-refractivity contribution in [3.8, 4) is 0 Å². The van der Waals surface area contributed by atoms with Crippen LogP contribution in [0.4, 0.5) is 5.13 Å². The van der Waals surface area contributed by atoms with Gasteiger partial charge in [0.15, 0.2) is 24.8 Å². The van der Waals surface area contributed by atoms with E-state index in [9.17, 15) is 21.6 Å².